The fourth-order valence-corrected chi connectivity index (χ4v) is 0.612. The smallest absolute Gasteiger partial charge is 0.186 e. The predicted molar refractivity (Wildman–Crippen MR) is 50.9 cm³/mol. The topological polar surface area (TPSA) is 54.8 Å². The van der Waals surface area contributed by atoms with Crippen LogP contribution in [0.5, 0.6) is 0 Å². The molecule has 1 rings (SSSR count). The van der Waals surface area contributed by atoms with Crippen molar-refractivity contribution in [1.82, 2.24) is 5.01 Å². The maximum Gasteiger partial charge on any atom is 0.186 e. The zero-order valence-electron chi connectivity index (χ0n) is 6.60. The largest absolute Gasteiger partial charge is 0.463 e. The third-order valence-electron chi connectivity index (χ3n) is 1.22. The fourth-order valence-electron chi connectivity index (χ4n) is 0.565. The summed E-state index contributed by atoms with van der Waals surface area (Å²) in [7, 11) is 1.67. The van der Waals surface area contributed by atoms with Gasteiger partial charge in [0.05, 0.1) is 12.5 Å². The molecular weight excluding hydrogens is 174 g/mol. The molecular formula is C7H9N3OS. The van der Waals surface area contributed by atoms with Crippen molar-refractivity contribution in [2.24, 2.45) is 10.8 Å². The number of rotatable bonds is 2. The maximum absolute atomic E-state index is 5.29. The standard InChI is InChI=1S/C7H9N3OS/c1-10(7(8)12)9-5-6-3-2-4-11-6/h2-5H,1H3,(H2,8,12)/b9-5+. The summed E-state index contributed by atoms with van der Waals surface area (Å²) >= 11 is 4.67. The molecule has 0 saturated heterocycles. The first kappa shape index (κ1) is 8.73. The Bertz CT molecular complexity index is 281. The molecule has 0 fully saturated rings. The van der Waals surface area contributed by atoms with E-state index in [4.69, 9.17) is 10.2 Å². The van der Waals surface area contributed by atoms with E-state index in [9.17, 15) is 0 Å². The first-order chi connectivity index (χ1) is 5.70. The highest BCUT2D eigenvalue weighted by Crippen LogP contribution is 1.95. The average molecular weight is 183 g/mol. The van der Waals surface area contributed by atoms with Gasteiger partial charge in [0.1, 0.15) is 5.76 Å². The molecule has 1 aromatic rings. The van der Waals surface area contributed by atoms with E-state index in [1.807, 2.05) is 0 Å². The van der Waals surface area contributed by atoms with Crippen LogP contribution in [0, 0.1) is 0 Å². The maximum atomic E-state index is 5.29. The van der Waals surface area contributed by atoms with Gasteiger partial charge in [-0.1, -0.05) is 0 Å². The van der Waals surface area contributed by atoms with Gasteiger partial charge in [0.15, 0.2) is 5.11 Å². The molecule has 12 heavy (non-hydrogen) atoms. The molecule has 0 aliphatic rings. The lowest BCUT2D eigenvalue weighted by Gasteiger charge is -2.07. The number of hydrazone groups is 1. The molecule has 0 saturated carbocycles. The van der Waals surface area contributed by atoms with Gasteiger partial charge in [0.25, 0.3) is 0 Å². The number of hydrogen-bond donors (Lipinski definition) is 1. The molecule has 5 heteroatoms. The third-order valence-corrected chi connectivity index (χ3v) is 1.48. The Morgan fingerprint density at radius 2 is 2.58 bits per heavy atom. The number of nitrogens with two attached hydrogens (primary N) is 1. The van der Waals surface area contributed by atoms with E-state index >= 15 is 0 Å². The molecule has 64 valence electrons. The minimum absolute atomic E-state index is 0.220. The summed E-state index contributed by atoms with van der Waals surface area (Å²) in [6.07, 6.45) is 3.11. The molecule has 0 aromatic carbocycles. The van der Waals surface area contributed by atoms with Crippen LogP contribution < -0.4 is 5.73 Å². The minimum Gasteiger partial charge on any atom is -0.463 e. The molecule has 2 N–H and O–H groups in total. The highest BCUT2D eigenvalue weighted by Gasteiger charge is 1.94. The van der Waals surface area contributed by atoms with Gasteiger partial charge in [-0.2, -0.15) is 5.10 Å². The Balaban J connectivity index is 2.56. The van der Waals surface area contributed by atoms with E-state index in [1.165, 1.54) is 5.01 Å². The van der Waals surface area contributed by atoms with Gasteiger partial charge >= 0.3 is 0 Å². The van der Waals surface area contributed by atoms with Crippen molar-refractivity contribution >= 4 is 23.5 Å². The zero-order valence-corrected chi connectivity index (χ0v) is 7.41. The zero-order chi connectivity index (χ0) is 8.97. The number of hydrogen-bond acceptors (Lipinski definition) is 3. The minimum atomic E-state index is 0.220. The first-order valence-electron chi connectivity index (χ1n) is 3.31. The van der Waals surface area contributed by atoms with Gasteiger partial charge in [-0.3, -0.25) is 0 Å². The van der Waals surface area contributed by atoms with Crippen LogP contribution in [-0.2, 0) is 0 Å². The number of thiocarbonyl (C=S) groups is 1. The molecule has 0 bridgehead atoms. The van der Waals surface area contributed by atoms with E-state index in [1.54, 1.807) is 31.7 Å². The lowest BCUT2D eigenvalue weighted by Crippen LogP contribution is -2.26. The molecule has 0 aliphatic heterocycles. The van der Waals surface area contributed by atoms with E-state index < -0.39 is 0 Å². The summed E-state index contributed by atoms with van der Waals surface area (Å²) in [6.45, 7) is 0. The predicted octanol–water partition coefficient (Wildman–Crippen LogP) is 0.789. The molecule has 0 spiro atoms. The van der Waals surface area contributed by atoms with Crippen molar-refractivity contribution < 1.29 is 4.42 Å². The summed E-state index contributed by atoms with van der Waals surface area (Å²) in [5.74, 6) is 0.665. The summed E-state index contributed by atoms with van der Waals surface area (Å²) < 4.78 is 5.00. The summed E-state index contributed by atoms with van der Waals surface area (Å²) in [5, 5.41) is 5.52. The van der Waals surface area contributed by atoms with Crippen LogP contribution >= 0.6 is 12.2 Å². The van der Waals surface area contributed by atoms with Crippen LogP contribution in [0.2, 0.25) is 0 Å². The highest BCUT2D eigenvalue weighted by molar-refractivity contribution is 7.80. The lowest BCUT2D eigenvalue weighted by atomic mass is 10.5. The van der Waals surface area contributed by atoms with Crippen LogP contribution in [0.25, 0.3) is 0 Å². The van der Waals surface area contributed by atoms with E-state index in [0.717, 1.165) is 0 Å². The summed E-state index contributed by atoms with van der Waals surface area (Å²) in [5.41, 5.74) is 5.29. The van der Waals surface area contributed by atoms with Crippen LogP contribution in [0.15, 0.2) is 27.9 Å². The number of furan rings is 1. The van der Waals surface area contributed by atoms with Gasteiger partial charge in [-0.25, -0.2) is 5.01 Å². The summed E-state index contributed by atoms with van der Waals surface area (Å²) in [4.78, 5) is 0. The van der Waals surface area contributed by atoms with Crippen molar-refractivity contribution in [1.29, 1.82) is 0 Å². The average Bonchev–Trinajstić information content (AvgIpc) is 2.51. The van der Waals surface area contributed by atoms with Crippen LogP contribution in [0.4, 0.5) is 0 Å². The second-order valence-corrected chi connectivity index (χ2v) is 2.54. The van der Waals surface area contributed by atoms with Crippen molar-refractivity contribution in [2.45, 2.75) is 0 Å². The van der Waals surface area contributed by atoms with Gasteiger partial charge in [0, 0.05) is 7.05 Å². The van der Waals surface area contributed by atoms with Gasteiger partial charge < -0.3 is 10.2 Å². The molecule has 0 atom stereocenters. The summed E-state index contributed by atoms with van der Waals surface area (Å²) in [6, 6.07) is 3.57. The fraction of sp³-hybridized carbons (Fsp3) is 0.143. The Morgan fingerprint density at radius 3 is 3.08 bits per heavy atom. The monoisotopic (exact) mass is 183 g/mol. The van der Waals surface area contributed by atoms with Crippen LogP contribution in [0.3, 0.4) is 0 Å². The molecule has 0 radical (unpaired) electrons. The second kappa shape index (κ2) is 3.87. The Labute approximate surface area is 75.6 Å². The van der Waals surface area contributed by atoms with Gasteiger partial charge in [0.2, 0.25) is 0 Å². The van der Waals surface area contributed by atoms with Crippen molar-refractivity contribution in [3.8, 4) is 0 Å². The van der Waals surface area contributed by atoms with Crippen LogP contribution in [-0.4, -0.2) is 23.4 Å². The molecule has 0 aliphatic carbocycles. The Kier molecular flexibility index (Phi) is 2.82. The third kappa shape index (κ3) is 2.35. The van der Waals surface area contributed by atoms with Gasteiger partial charge in [-0.05, 0) is 24.4 Å². The second-order valence-electron chi connectivity index (χ2n) is 2.12. The SMILES string of the molecule is CN(/N=C/c1ccco1)C(N)=S. The van der Waals surface area contributed by atoms with E-state index in [-0.39, 0.29) is 5.11 Å². The van der Waals surface area contributed by atoms with E-state index in [0.29, 0.717) is 5.76 Å². The van der Waals surface area contributed by atoms with Crippen molar-refractivity contribution in [3.63, 3.8) is 0 Å². The molecule has 0 amide bonds. The normalized spacial score (nSPS) is 10.4. The number of nitrogens with zero attached hydrogens (tertiary/aromatic N) is 2. The molecule has 0 unspecified atom stereocenters. The van der Waals surface area contributed by atoms with Crippen molar-refractivity contribution in [2.75, 3.05) is 7.05 Å². The highest BCUT2D eigenvalue weighted by atomic mass is 32.1. The molecule has 1 heterocycles. The first-order valence-corrected chi connectivity index (χ1v) is 3.71. The molecule has 1 aromatic heterocycles. The lowest BCUT2D eigenvalue weighted by molar-refractivity contribution is 0.536. The Morgan fingerprint density at radius 1 is 1.83 bits per heavy atom. The Hall–Kier alpha value is -1.36. The molecule has 4 nitrogen and oxygen atoms in total. The van der Waals surface area contributed by atoms with Gasteiger partial charge in [-0.15, -0.1) is 0 Å². The van der Waals surface area contributed by atoms with Crippen molar-refractivity contribution in [3.05, 3.63) is 24.2 Å². The quantitative estimate of drug-likeness (QED) is 0.418. The van der Waals surface area contributed by atoms with Crippen LogP contribution in [0.1, 0.15) is 5.76 Å². The van der Waals surface area contributed by atoms with E-state index in [2.05, 4.69) is 17.3 Å².